The topological polar surface area (TPSA) is 57.0 Å². The summed E-state index contributed by atoms with van der Waals surface area (Å²) in [7, 11) is 0. The van der Waals surface area contributed by atoms with Crippen LogP contribution in [-0.4, -0.2) is 27.6 Å². The number of aryl methyl sites for hydroxylation is 1. The largest absolute Gasteiger partial charge is 0.462 e. The molecule has 0 unspecified atom stereocenters. The van der Waals surface area contributed by atoms with Gasteiger partial charge in [0.05, 0.1) is 12.2 Å². The van der Waals surface area contributed by atoms with Gasteiger partial charge < -0.3 is 4.74 Å². The lowest BCUT2D eigenvalue weighted by Crippen LogP contribution is -2.05. The predicted molar refractivity (Wildman–Crippen MR) is 71.5 cm³/mol. The SMILES string of the molecule is CCCn1nnc2cc(C(=O)OCC)cc(Br)c21. The number of nitrogens with zero attached hydrogens (tertiary/aromatic N) is 3. The Morgan fingerprint density at radius 2 is 2.22 bits per heavy atom. The first-order valence-electron chi connectivity index (χ1n) is 5.87. The van der Waals surface area contributed by atoms with Crippen molar-refractivity contribution >= 4 is 32.9 Å². The van der Waals surface area contributed by atoms with E-state index in [1.807, 2.05) is 4.68 Å². The molecule has 0 bridgehead atoms. The van der Waals surface area contributed by atoms with Gasteiger partial charge in [-0.15, -0.1) is 5.10 Å². The van der Waals surface area contributed by atoms with Crippen LogP contribution in [0.5, 0.6) is 0 Å². The molecule has 0 aliphatic carbocycles. The highest BCUT2D eigenvalue weighted by atomic mass is 79.9. The van der Waals surface area contributed by atoms with Crippen LogP contribution >= 0.6 is 15.9 Å². The van der Waals surface area contributed by atoms with Crippen LogP contribution in [0.4, 0.5) is 0 Å². The maximum atomic E-state index is 11.7. The van der Waals surface area contributed by atoms with Crippen LogP contribution in [0.25, 0.3) is 11.0 Å². The summed E-state index contributed by atoms with van der Waals surface area (Å²) < 4.78 is 7.61. The van der Waals surface area contributed by atoms with E-state index in [0.717, 1.165) is 23.0 Å². The lowest BCUT2D eigenvalue weighted by molar-refractivity contribution is 0.0526. The Labute approximate surface area is 113 Å². The van der Waals surface area contributed by atoms with E-state index >= 15 is 0 Å². The van der Waals surface area contributed by atoms with Gasteiger partial charge in [0.15, 0.2) is 0 Å². The molecule has 0 saturated heterocycles. The summed E-state index contributed by atoms with van der Waals surface area (Å²) in [5.41, 5.74) is 2.09. The Morgan fingerprint density at radius 3 is 2.89 bits per heavy atom. The molecule has 1 heterocycles. The van der Waals surface area contributed by atoms with Gasteiger partial charge in [0.25, 0.3) is 0 Å². The van der Waals surface area contributed by atoms with Crippen molar-refractivity contribution < 1.29 is 9.53 Å². The van der Waals surface area contributed by atoms with E-state index in [1.165, 1.54) is 0 Å². The van der Waals surface area contributed by atoms with E-state index in [4.69, 9.17) is 4.74 Å². The number of carbonyl (C=O) groups excluding carboxylic acids is 1. The van der Waals surface area contributed by atoms with Gasteiger partial charge in [0.1, 0.15) is 11.0 Å². The molecule has 0 aliphatic rings. The minimum absolute atomic E-state index is 0.342. The van der Waals surface area contributed by atoms with E-state index in [2.05, 4.69) is 33.2 Å². The van der Waals surface area contributed by atoms with Crippen LogP contribution in [-0.2, 0) is 11.3 Å². The van der Waals surface area contributed by atoms with Crippen molar-refractivity contribution in [2.75, 3.05) is 6.61 Å². The number of rotatable bonds is 4. The Morgan fingerprint density at radius 1 is 1.44 bits per heavy atom. The average Bonchev–Trinajstić information content (AvgIpc) is 2.74. The van der Waals surface area contributed by atoms with Crippen molar-refractivity contribution in [1.29, 1.82) is 0 Å². The van der Waals surface area contributed by atoms with Gasteiger partial charge in [-0.1, -0.05) is 12.1 Å². The summed E-state index contributed by atoms with van der Waals surface area (Å²) in [4.78, 5) is 11.7. The zero-order valence-corrected chi connectivity index (χ0v) is 11.9. The van der Waals surface area contributed by atoms with Gasteiger partial charge in [-0.2, -0.15) is 0 Å². The molecule has 5 nitrogen and oxygen atoms in total. The summed E-state index contributed by atoms with van der Waals surface area (Å²) >= 11 is 3.46. The fourth-order valence-corrected chi connectivity index (χ4v) is 2.42. The molecule has 0 amide bonds. The monoisotopic (exact) mass is 311 g/mol. The van der Waals surface area contributed by atoms with Crippen LogP contribution in [0.15, 0.2) is 16.6 Å². The first-order chi connectivity index (χ1) is 8.67. The van der Waals surface area contributed by atoms with E-state index < -0.39 is 0 Å². The molecule has 1 aromatic heterocycles. The Kier molecular flexibility index (Phi) is 3.96. The highest BCUT2D eigenvalue weighted by Crippen LogP contribution is 2.25. The van der Waals surface area contributed by atoms with Crippen molar-refractivity contribution in [3.05, 3.63) is 22.2 Å². The Bertz CT molecular complexity index is 580. The number of halogens is 1. The second-order valence-corrected chi connectivity index (χ2v) is 4.71. The summed E-state index contributed by atoms with van der Waals surface area (Å²) in [5.74, 6) is -0.342. The molecule has 1 aromatic carbocycles. The van der Waals surface area contributed by atoms with Crippen molar-refractivity contribution in [3.63, 3.8) is 0 Å². The molecular formula is C12H14BrN3O2. The fraction of sp³-hybridized carbons (Fsp3) is 0.417. The first-order valence-corrected chi connectivity index (χ1v) is 6.66. The number of carbonyl (C=O) groups is 1. The number of esters is 1. The molecule has 2 rings (SSSR count). The van der Waals surface area contributed by atoms with E-state index in [9.17, 15) is 4.79 Å². The third-order valence-electron chi connectivity index (χ3n) is 2.51. The minimum Gasteiger partial charge on any atom is -0.462 e. The number of aromatic nitrogens is 3. The lowest BCUT2D eigenvalue weighted by atomic mass is 10.2. The first kappa shape index (κ1) is 13.0. The van der Waals surface area contributed by atoms with Crippen molar-refractivity contribution in [1.82, 2.24) is 15.0 Å². The van der Waals surface area contributed by atoms with E-state index in [1.54, 1.807) is 19.1 Å². The summed E-state index contributed by atoms with van der Waals surface area (Å²) in [6.45, 7) is 5.02. The smallest absolute Gasteiger partial charge is 0.338 e. The Hall–Kier alpha value is -1.43. The summed E-state index contributed by atoms with van der Waals surface area (Å²) in [6, 6.07) is 3.45. The summed E-state index contributed by atoms with van der Waals surface area (Å²) in [5, 5.41) is 8.15. The second-order valence-electron chi connectivity index (χ2n) is 3.86. The van der Waals surface area contributed by atoms with Crippen molar-refractivity contribution in [2.45, 2.75) is 26.8 Å². The van der Waals surface area contributed by atoms with Crippen LogP contribution in [0.3, 0.4) is 0 Å². The highest BCUT2D eigenvalue weighted by Gasteiger charge is 2.14. The van der Waals surface area contributed by atoms with Crippen LogP contribution in [0.2, 0.25) is 0 Å². The fourth-order valence-electron chi connectivity index (χ4n) is 1.76. The van der Waals surface area contributed by atoms with E-state index in [0.29, 0.717) is 17.7 Å². The third kappa shape index (κ3) is 2.38. The molecule has 6 heteroatoms. The van der Waals surface area contributed by atoms with Gasteiger partial charge in [-0.25, -0.2) is 9.48 Å². The minimum atomic E-state index is -0.342. The zero-order chi connectivity index (χ0) is 13.1. The van der Waals surface area contributed by atoms with Crippen LogP contribution < -0.4 is 0 Å². The molecule has 0 radical (unpaired) electrons. The number of ether oxygens (including phenoxy) is 1. The molecular weight excluding hydrogens is 298 g/mol. The number of hydrogen-bond acceptors (Lipinski definition) is 4. The molecule has 0 spiro atoms. The molecule has 2 aromatic rings. The second kappa shape index (κ2) is 5.48. The molecule has 96 valence electrons. The van der Waals surface area contributed by atoms with Crippen LogP contribution in [0, 0.1) is 0 Å². The third-order valence-corrected chi connectivity index (χ3v) is 3.11. The summed E-state index contributed by atoms with van der Waals surface area (Å²) in [6.07, 6.45) is 0.977. The molecule has 0 saturated carbocycles. The highest BCUT2D eigenvalue weighted by molar-refractivity contribution is 9.10. The van der Waals surface area contributed by atoms with Gasteiger partial charge in [-0.3, -0.25) is 0 Å². The standard InChI is InChI=1S/C12H14BrN3O2/c1-3-5-16-11-9(13)6-8(12(17)18-4-2)7-10(11)14-15-16/h6-7H,3-5H2,1-2H3. The van der Waals surface area contributed by atoms with Gasteiger partial charge in [0, 0.05) is 11.0 Å². The Balaban J connectivity index is 2.48. The number of benzene rings is 1. The van der Waals surface area contributed by atoms with Crippen molar-refractivity contribution in [3.8, 4) is 0 Å². The molecule has 0 atom stereocenters. The maximum Gasteiger partial charge on any atom is 0.338 e. The lowest BCUT2D eigenvalue weighted by Gasteiger charge is -2.04. The van der Waals surface area contributed by atoms with Crippen LogP contribution in [0.1, 0.15) is 30.6 Å². The average molecular weight is 312 g/mol. The van der Waals surface area contributed by atoms with Crippen molar-refractivity contribution in [2.24, 2.45) is 0 Å². The quantitative estimate of drug-likeness (QED) is 0.815. The maximum absolute atomic E-state index is 11.7. The number of fused-ring (bicyclic) bond motifs is 1. The molecule has 0 N–H and O–H groups in total. The van der Waals surface area contributed by atoms with Gasteiger partial charge >= 0.3 is 5.97 Å². The normalized spacial score (nSPS) is 10.8. The molecule has 0 fully saturated rings. The number of hydrogen-bond donors (Lipinski definition) is 0. The molecule has 18 heavy (non-hydrogen) atoms. The zero-order valence-electron chi connectivity index (χ0n) is 10.3. The predicted octanol–water partition coefficient (Wildman–Crippen LogP) is 2.78. The van der Waals surface area contributed by atoms with Gasteiger partial charge in [-0.05, 0) is 41.4 Å². The van der Waals surface area contributed by atoms with E-state index in [-0.39, 0.29) is 5.97 Å². The molecule has 0 aliphatic heterocycles. The van der Waals surface area contributed by atoms with Gasteiger partial charge in [0.2, 0.25) is 0 Å².